The molecule has 0 fully saturated rings. The molecule has 0 saturated carbocycles. The fourth-order valence-corrected chi connectivity index (χ4v) is 13.0. The van der Waals surface area contributed by atoms with Crippen molar-refractivity contribution >= 4 is 13.3 Å². The van der Waals surface area contributed by atoms with Crippen molar-refractivity contribution in [3.63, 3.8) is 0 Å². The molecule has 0 radical (unpaired) electrons. The summed E-state index contributed by atoms with van der Waals surface area (Å²) in [5.74, 6) is 0. The molecule has 0 heterocycles. The first-order valence-electron chi connectivity index (χ1n) is 9.03. The third-order valence-electron chi connectivity index (χ3n) is 6.39. The fourth-order valence-electron chi connectivity index (χ4n) is 4.82. The first-order valence-corrected chi connectivity index (χ1v) is 12.2. The van der Waals surface area contributed by atoms with Crippen molar-refractivity contribution in [1.29, 1.82) is 0 Å². The van der Waals surface area contributed by atoms with Crippen LogP contribution in [0.4, 0.5) is 0 Å². The Hall–Kier alpha value is 0.501. The van der Waals surface area contributed by atoms with E-state index in [-0.39, 0.29) is 42.3 Å². The van der Waals surface area contributed by atoms with E-state index < -0.39 is 8.07 Å². The predicted octanol–water partition coefficient (Wildman–Crippen LogP) is -2.89. The van der Waals surface area contributed by atoms with E-state index in [1.165, 1.54) is 24.9 Å². The van der Waals surface area contributed by atoms with Crippen molar-refractivity contribution in [2.45, 2.75) is 71.5 Å². The second-order valence-electron chi connectivity index (χ2n) is 7.32. The van der Waals surface area contributed by atoms with Crippen LogP contribution < -0.4 is 42.4 Å². The molecule has 1 unspecified atom stereocenters. The largest absolute Gasteiger partial charge is 1.00 e. The summed E-state index contributed by atoms with van der Waals surface area (Å²) in [5, 5.41) is 1.93. The topological polar surface area (TPSA) is 0 Å². The summed E-state index contributed by atoms with van der Waals surface area (Å²) in [6.07, 6.45) is 2.57. The van der Waals surface area contributed by atoms with Crippen LogP contribution in [0.1, 0.15) is 54.4 Å². The molecule has 0 aliphatic heterocycles. The molecule has 0 nitrogen and oxygen atoms in total. The summed E-state index contributed by atoms with van der Waals surface area (Å²) in [6, 6.07) is 14.3. The Morgan fingerprint density at radius 2 is 1.31 bits per heavy atom. The van der Waals surface area contributed by atoms with Crippen LogP contribution in [0.5, 0.6) is 0 Å². The van der Waals surface area contributed by atoms with Gasteiger partial charge in [-0.05, 0) is 0 Å². The van der Waals surface area contributed by atoms with Gasteiger partial charge >= 0.3 is 156 Å². The van der Waals surface area contributed by atoms with Gasteiger partial charge in [0.05, 0.1) is 0 Å². The molecule has 5 heteroatoms. The summed E-state index contributed by atoms with van der Waals surface area (Å²) in [5.41, 5.74) is 4.74. The number of hydrogen-bond acceptors (Lipinski definition) is 0. The van der Waals surface area contributed by atoms with Crippen LogP contribution in [-0.2, 0) is 20.4 Å². The van der Waals surface area contributed by atoms with E-state index in [1.54, 1.807) is 25.8 Å². The summed E-state index contributed by atoms with van der Waals surface area (Å²) < 4.78 is 1.64. The van der Waals surface area contributed by atoms with Crippen LogP contribution in [0.2, 0.25) is 17.1 Å². The van der Waals surface area contributed by atoms with Crippen molar-refractivity contribution < 1.29 is 57.7 Å². The SMILES string of the molecule is CCC[Si](CCC)(c1ccccc1)C1(C)C(C)=C(C)C(C)=[C]1[Ti+3].[Cl-].[Cl-].[Cl-]. The molecule has 144 valence electrons. The van der Waals surface area contributed by atoms with Gasteiger partial charge in [-0.2, -0.15) is 0 Å². The summed E-state index contributed by atoms with van der Waals surface area (Å²) >= 11 is 2.41. The van der Waals surface area contributed by atoms with E-state index in [2.05, 4.69) is 92.3 Å². The van der Waals surface area contributed by atoms with Gasteiger partial charge in [0.25, 0.3) is 0 Å². The molecule has 0 aromatic heterocycles. The summed E-state index contributed by atoms with van der Waals surface area (Å²) in [4.78, 5) is 0. The monoisotopic (exact) mass is 464 g/mol. The van der Waals surface area contributed by atoms with Crippen molar-refractivity contribution in [3.8, 4) is 0 Å². The van der Waals surface area contributed by atoms with Crippen LogP contribution in [0.25, 0.3) is 0 Å². The maximum Gasteiger partial charge on any atom is -1.00 e. The molecule has 2 rings (SSSR count). The van der Waals surface area contributed by atoms with Gasteiger partial charge in [-0.1, -0.05) is 0 Å². The molecule has 0 amide bonds. The van der Waals surface area contributed by atoms with Gasteiger partial charge in [0.2, 0.25) is 0 Å². The van der Waals surface area contributed by atoms with Crippen molar-refractivity contribution in [1.82, 2.24) is 0 Å². The maximum atomic E-state index is 2.57. The van der Waals surface area contributed by atoms with Gasteiger partial charge in [-0.3, -0.25) is 0 Å². The molecular formula is C21H31Cl3SiTi. The minimum atomic E-state index is -1.69. The molecule has 0 N–H and O–H groups in total. The number of halogens is 3. The summed E-state index contributed by atoms with van der Waals surface area (Å²) in [6.45, 7) is 14.4. The molecule has 1 aliphatic carbocycles. The summed E-state index contributed by atoms with van der Waals surface area (Å²) in [7, 11) is -1.69. The maximum absolute atomic E-state index is 2.57. The third-order valence-corrected chi connectivity index (χ3v) is 14.8. The predicted molar refractivity (Wildman–Crippen MR) is 101 cm³/mol. The minimum Gasteiger partial charge on any atom is -1.00 e. The van der Waals surface area contributed by atoms with Gasteiger partial charge in [0.15, 0.2) is 0 Å². The Labute approximate surface area is 192 Å². The quantitative estimate of drug-likeness (QED) is 0.396. The molecule has 0 spiro atoms. The van der Waals surface area contributed by atoms with Gasteiger partial charge in [0.1, 0.15) is 0 Å². The zero-order chi connectivity index (χ0) is 17.3. The fraction of sp³-hybridized carbons (Fsp3) is 0.524. The van der Waals surface area contributed by atoms with Crippen LogP contribution in [-0.4, -0.2) is 8.07 Å². The molecule has 26 heavy (non-hydrogen) atoms. The Morgan fingerprint density at radius 1 is 0.846 bits per heavy atom. The molecule has 1 atom stereocenters. The standard InChI is InChI=1S/C21H31Si.3ClH.Ti/c1-7-14-22(15-8-2,20-12-10-9-11-13-20)21(6)16-17(3)18(4)19(21)5;;;;/h9-13H,7-8,14-15H2,1-6H3;3*1H;/q;;;;+3/p-3. The normalized spacial score (nSPS) is 19.7. The van der Waals surface area contributed by atoms with E-state index in [9.17, 15) is 0 Å². The average molecular weight is 466 g/mol. The molecule has 1 aromatic rings. The number of allylic oxidation sites excluding steroid dienone is 4. The zero-order valence-electron chi connectivity index (χ0n) is 16.8. The third kappa shape index (κ3) is 4.39. The van der Waals surface area contributed by atoms with E-state index in [4.69, 9.17) is 0 Å². The van der Waals surface area contributed by atoms with Gasteiger partial charge in [-0.15, -0.1) is 0 Å². The average Bonchev–Trinajstić information content (AvgIpc) is 2.72. The van der Waals surface area contributed by atoms with E-state index in [0.717, 1.165) is 0 Å². The molecule has 1 aliphatic rings. The first kappa shape index (κ1) is 28.7. The van der Waals surface area contributed by atoms with E-state index >= 15 is 0 Å². The molecular weight excluding hydrogens is 435 g/mol. The molecule has 1 aromatic carbocycles. The minimum absolute atomic E-state index is 0. The van der Waals surface area contributed by atoms with Crippen LogP contribution in [0.3, 0.4) is 0 Å². The number of rotatable bonds is 6. The molecule has 0 bridgehead atoms. The van der Waals surface area contributed by atoms with Crippen LogP contribution >= 0.6 is 0 Å². The first-order chi connectivity index (χ1) is 10.9. The number of hydrogen-bond donors (Lipinski definition) is 0. The molecule has 0 saturated heterocycles. The van der Waals surface area contributed by atoms with Crippen molar-refractivity contribution in [2.75, 3.05) is 0 Å². The van der Waals surface area contributed by atoms with E-state index in [0.29, 0.717) is 0 Å². The smallest absolute Gasteiger partial charge is 1.00 e. The second-order valence-corrected chi connectivity index (χ2v) is 12.8. The van der Waals surface area contributed by atoms with Crippen molar-refractivity contribution in [2.24, 2.45) is 0 Å². The van der Waals surface area contributed by atoms with Gasteiger partial charge in [-0.25, -0.2) is 0 Å². The van der Waals surface area contributed by atoms with E-state index in [1.807, 2.05) is 0 Å². The second kappa shape index (κ2) is 11.5. The Balaban J connectivity index is 0. The van der Waals surface area contributed by atoms with Crippen LogP contribution in [0, 0.1) is 0 Å². The Bertz CT molecular complexity index is 608. The van der Waals surface area contributed by atoms with Crippen LogP contribution in [0.15, 0.2) is 50.9 Å². The van der Waals surface area contributed by atoms with Gasteiger partial charge < -0.3 is 37.2 Å². The Morgan fingerprint density at radius 3 is 1.65 bits per heavy atom. The van der Waals surface area contributed by atoms with Gasteiger partial charge in [0, 0.05) is 0 Å². The Kier molecular flexibility index (Phi) is 12.7. The zero-order valence-corrected chi connectivity index (χ0v) is 21.7. The van der Waals surface area contributed by atoms with Crippen molar-refractivity contribution in [3.05, 3.63) is 50.9 Å². The number of benzene rings is 1.